The van der Waals surface area contributed by atoms with Crippen LogP contribution < -0.4 is 0 Å². The van der Waals surface area contributed by atoms with Crippen LogP contribution in [0.1, 0.15) is 26.7 Å². The Morgan fingerprint density at radius 2 is 1.88 bits per heavy atom. The third kappa shape index (κ3) is 9.11. The monoisotopic (exact) mass is 304 g/mol. The molecule has 0 rings (SSSR count). The van der Waals surface area contributed by atoms with Gasteiger partial charge in [-0.15, -0.1) is 0 Å². The predicted molar refractivity (Wildman–Crippen MR) is 78.0 cm³/mol. The second kappa shape index (κ2) is 10.0. The molecule has 0 N–H and O–H groups in total. The Bertz CT molecular complexity index is 248. The van der Waals surface area contributed by atoms with Crippen molar-refractivity contribution in [2.24, 2.45) is 0 Å². The molecule has 0 amide bonds. The molecule has 0 aliphatic carbocycles. The van der Waals surface area contributed by atoms with E-state index in [2.05, 4.69) is 6.92 Å². The lowest BCUT2D eigenvalue weighted by molar-refractivity contribution is 0.357. The SMILES string of the molecule is CCCSP(=O)(OCC)SCCCS(C)=O. The topological polar surface area (TPSA) is 43.4 Å². The van der Waals surface area contributed by atoms with Gasteiger partial charge in [0, 0.05) is 34.3 Å². The van der Waals surface area contributed by atoms with Crippen LogP contribution in [0.3, 0.4) is 0 Å². The lowest BCUT2D eigenvalue weighted by Crippen LogP contribution is -1.95. The normalized spacial score (nSPS) is 16.9. The van der Waals surface area contributed by atoms with Crippen molar-refractivity contribution in [2.45, 2.75) is 26.7 Å². The quantitative estimate of drug-likeness (QED) is 0.454. The second-order valence-electron chi connectivity index (χ2n) is 3.16. The van der Waals surface area contributed by atoms with Crippen LogP contribution in [0.5, 0.6) is 0 Å². The van der Waals surface area contributed by atoms with Crippen LogP contribution in [0.2, 0.25) is 0 Å². The summed E-state index contributed by atoms with van der Waals surface area (Å²) in [6.45, 7) is 4.41. The molecule has 0 spiro atoms. The van der Waals surface area contributed by atoms with E-state index in [0.29, 0.717) is 12.4 Å². The van der Waals surface area contributed by atoms with E-state index in [1.807, 2.05) is 6.92 Å². The fourth-order valence-corrected chi connectivity index (χ4v) is 8.68. The molecule has 0 heterocycles. The van der Waals surface area contributed by atoms with Crippen LogP contribution in [-0.4, -0.2) is 34.3 Å². The molecule has 98 valence electrons. The standard InChI is InChI=1S/C9H21O3PS3/c1-4-7-14-13(10,12-5-2)15-8-6-9-16(3)11/h4-9H2,1-3H3. The highest BCUT2D eigenvalue weighted by Crippen LogP contribution is 2.69. The zero-order valence-corrected chi connectivity index (χ0v) is 13.5. The van der Waals surface area contributed by atoms with Gasteiger partial charge >= 0.3 is 5.77 Å². The Balaban J connectivity index is 3.91. The van der Waals surface area contributed by atoms with Crippen molar-refractivity contribution in [3.05, 3.63) is 0 Å². The molecule has 0 aliphatic rings. The average molecular weight is 304 g/mol. The molecule has 0 aromatic carbocycles. The van der Waals surface area contributed by atoms with Gasteiger partial charge in [0.25, 0.3) is 0 Å². The minimum absolute atomic E-state index is 0.487. The molecular weight excluding hydrogens is 283 g/mol. The largest absolute Gasteiger partial charge is 0.314 e. The maximum absolute atomic E-state index is 12.2. The van der Waals surface area contributed by atoms with E-state index < -0.39 is 16.6 Å². The van der Waals surface area contributed by atoms with E-state index in [9.17, 15) is 8.77 Å². The van der Waals surface area contributed by atoms with Gasteiger partial charge in [-0.2, -0.15) is 0 Å². The molecular formula is C9H21O3PS3. The van der Waals surface area contributed by atoms with Crippen LogP contribution in [-0.2, 0) is 19.9 Å². The van der Waals surface area contributed by atoms with E-state index in [1.54, 1.807) is 6.26 Å². The molecule has 3 nitrogen and oxygen atoms in total. The first-order valence-electron chi connectivity index (χ1n) is 5.37. The molecule has 0 aliphatic heterocycles. The van der Waals surface area contributed by atoms with Crippen molar-refractivity contribution in [2.75, 3.05) is 30.1 Å². The van der Waals surface area contributed by atoms with Gasteiger partial charge in [0.1, 0.15) is 0 Å². The van der Waals surface area contributed by atoms with Crippen LogP contribution in [0.15, 0.2) is 0 Å². The fraction of sp³-hybridized carbons (Fsp3) is 1.00. The first-order valence-corrected chi connectivity index (χ1v) is 11.9. The van der Waals surface area contributed by atoms with Crippen molar-refractivity contribution in [1.82, 2.24) is 0 Å². The van der Waals surface area contributed by atoms with Gasteiger partial charge in [-0.1, -0.05) is 29.7 Å². The van der Waals surface area contributed by atoms with Gasteiger partial charge in [0.2, 0.25) is 0 Å². The summed E-state index contributed by atoms with van der Waals surface area (Å²) in [6.07, 6.45) is 3.53. The Hall–Kier alpha value is 1.04. The minimum atomic E-state index is -2.56. The van der Waals surface area contributed by atoms with E-state index in [-0.39, 0.29) is 0 Å². The number of hydrogen-bond acceptors (Lipinski definition) is 5. The highest BCUT2D eigenvalue weighted by molar-refractivity contribution is 8.89. The molecule has 0 saturated heterocycles. The van der Waals surface area contributed by atoms with Gasteiger partial charge in [-0.25, -0.2) is 0 Å². The third-order valence-electron chi connectivity index (χ3n) is 1.57. The fourth-order valence-electron chi connectivity index (χ4n) is 0.912. The number of hydrogen-bond donors (Lipinski definition) is 0. The van der Waals surface area contributed by atoms with Gasteiger partial charge in [0.05, 0.1) is 6.61 Å². The zero-order chi connectivity index (χ0) is 12.4. The van der Waals surface area contributed by atoms with Crippen molar-refractivity contribution in [3.63, 3.8) is 0 Å². The predicted octanol–water partition coefficient (Wildman–Crippen LogP) is 3.78. The molecule has 2 atom stereocenters. The summed E-state index contributed by atoms with van der Waals surface area (Å²) >= 11 is 2.82. The van der Waals surface area contributed by atoms with E-state index in [1.165, 1.54) is 22.8 Å². The molecule has 0 bridgehead atoms. The summed E-state index contributed by atoms with van der Waals surface area (Å²) in [5.41, 5.74) is 0. The molecule has 0 aromatic rings. The highest BCUT2D eigenvalue weighted by atomic mass is 33.1. The first-order chi connectivity index (χ1) is 7.54. The van der Waals surface area contributed by atoms with Crippen LogP contribution in [0.4, 0.5) is 0 Å². The Labute approximate surface area is 109 Å². The summed E-state index contributed by atoms with van der Waals surface area (Å²) in [6, 6.07) is 0. The Morgan fingerprint density at radius 1 is 1.25 bits per heavy atom. The van der Waals surface area contributed by atoms with Crippen molar-refractivity contribution >= 4 is 39.3 Å². The Kier molecular flexibility index (Phi) is 10.7. The lowest BCUT2D eigenvalue weighted by atomic mass is 10.6. The van der Waals surface area contributed by atoms with E-state index in [0.717, 1.165) is 24.3 Å². The molecule has 0 saturated carbocycles. The van der Waals surface area contributed by atoms with Crippen molar-refractivity contribution in [3.8, 4) is 0 Å². The molecule has 16 heavy (non-hydrogen) atoms. The smallest absolute Gasteiger partial charge is 0.313 e. The Morgan fingerprint density at radius 3 is 2.38 bits per heavy atom. The summed E-state index contributed by atoms with van der Waals surface area (Å²) in [5.74, 6) is -0.261. The van der Waals surface area contributed by atoms with Crippen molar-refractivity contribution < 1.29 is 13.3 Å². The van der Waals surface area contributed by atoms with Crippen LogP contribution in [0.25, 0.3) is 0 Å². The highest BCUT2D eigenvalue weighted by Gasteiger charge is 2.23. The van der Waals surface area contributed by atoms with Crippen LogP contribution in [0, 0.1) is 0 Å². The molecule has 7 heteroatoms. The third-order valence-corrected chi connectivity index (χ3v) is 10.2. The maximum Gasteiger partial charge on any atom is 0.313 e. The summed E-state index contributed by atoms with van der Waals surface area (Å²) < 4.78 is 28.5. The van der Waals surface area contributed by atoms with E-state index in [4.69, 9.17) is 4.52 Å². The zero-order valence-electron chi connectivity index (χ0n) is 10.1. The second-order valence-corrected chi connectivity index (χ2v) is 12.3. The number of rotatable bonds is 10. The maximum atomic E-state index is 12.2. The minimum Gasteiger partial charge on any atom is -0.314 e. The van der Waals surface area contributed by atoms with Gasteiger partial charge in [-0.3, -0.25) is 8.77 Å². The summed E-state index contributed by atoms with van der Waals surface area (Å²) in [7, 11) is -0.754. The van der Waals surface area contributed by atoms with Gasteiger partial charge in [-0.05, 0) is 19.8 Å². The summed E-state index contributed by atoms with van der Waals surface area (Å²) in [4.78, 5) is 0. The molecule has 2 unspecified atom stereocenters. The van der Waals surface area contributed by atoms with Gasteiger partial charge in [0.15, 0.2) is 0 Å². The van der Waals surface area contributed by atoms with E-state index >= 15 is 0 Å². The molecule has 0 radical (unpaired) electrons. The molecule has 0 aromatic heterocycles. The summed E-state index contributed by atoms with van der Waals surface area (Å²) in [5, 5.41) is 0. The van der Waals surface area contributed by atoms with Crippen molar-refractivity contribution in [1.29, 1.82) is 0 Å². The molecule has 0 fully saturated rings. The van der Waals surface area contributed by atoms with Gasteiger partial charge < -0.3 is 4.52 Å². The average Bonchev–Trinajstić information content (AvgIpc) is 2.22. The lowest BCUT2D eigenvalue weighted by Gasteiger charge is -2.15. The van der Waals surface area contributed by atoms with Crippen LogP contribution >= 0.6 is 28.5 Å². The first kappa shape index (κ1) is 17.0.